The number of rotatable bonds is 8. The van der Waals surface area contributed by atoms with Crippen LogP contribution in [0, 0.1) is 0 Å². The average molecular weight is 453 g/mol. The van der Waals surface area contributed by atoms with Crippen LogP contribution in [-0.4, -0.2) is 42.3 Å². The van der Waals surface area contributed by atoms with Gasteiger partial charge >= 0.3 is 0 Å². The lowest BCUT2D eigenvalue weighted by Gasteiger charge is -2.19. The number of phenols is 1. The van der Waals surface area contributed by atoms with Gasteiger partial charge in [-0.1, -0.05) is 42.5 Å². The monoisotopic (exact) mass is 452 g/mol. The molecule has 0 spiro atoms. The van der Waals surface area contributed by atoms with Crippen molar-refractivity contribution in [3.05, 3.63) is 96.7 Å². The normalized spacial score (nSPS) is 12.0. The highest BCUT2D eigenvalue weighted by Gasteiger charge is 2.18. The van der Waals surface area contributed by atoms with Gasteiger partial charge in [0.1, 0.15) is 17.7 Å². The van der Waals surface area contributed by atoms with Crippen LogP contribution >= 0.6 is 0 Å². The zero-order chi connectivity index (χ0) is 23.3. The lowest BCUT2D eigenvalue weighted by Crippen LogP contribution is -2.31. The van der Waals surface area contributed by atoms with Crippen LogP contribution in [0.3, 0.4) is 0 Å². The van der Waals surface area contributed by atoms with Crippen LogP contribution < -0.4 is 5.32 Å². The van der Waals surface area contributed by atoms with Crippen molar-refractivity contribution in [1.29, 1.82) is 0 Å². The molecule has 0 aliphatic heterocycles. The summed E-state index contributed by atoms with van der Waals surface area (Å²) in [4.78, 5) is 24.5. The van der Waals surface area contributed by atoms with Crippen molar-refractivity contribution in [2.45, 2.75) is 18.9 Å². The highest BCUT2D eigenvalue weighted by molar-refractivity contribution is 5.96. The number of carbonyl (C=O) groups excluding carboxylic acids is 1. The van der Waals surface area contributed by atoms with E-state index in [2.05, 4.69) is 37.5 Å². The van der Waals surface area contributed by atoms with E-state index in [1.54, 1.807) is 24.4 Å². The molecule has 1 unspecified atom stereocenters. The van der Waals surface area contributed by atoms with Gasteiger partial charge < -0.3 is 15.4 Å². The van der Waals surface area contributed by atoms with Crippen LogP contribution in [0.4, 0.5) is 0 Å². The quantitative estimate of drug-likeness (QED) is 0.328. The lowest BCUT2D eigenvalue weighted by atomic mass is 10.0. The summed E-state index contributed by atoms with van der Waals surface area (Å²) in [6, 6.07) is 18.6. The molecular formula is C26H24N6O2. The second kappa shape index (κ2) is 9.58. The summed E-state index contributed by atoms with van der Waals surface area (Å²) < 4.78 is 1.88. The third-order valence-corrected chi connectivity index (χ3v) is 5.86. The van der Waals surface area contributed by atoms with E-state index < -0.39 is 0 Å². The molecule has 3 N–H and O–H groups in total. The molecule has 0 saturated carbocycles. The zero-order valence-electron chi connectivity index (χ0n) is 18.4. The van der Waals surface area contributed by atoms with E-state index in [0.29, 0.717) is 6.54 Å². The highest BCUT2D eigenvalue weighted by Crippen LogP contribution is 2.26. The first-order valence-electron chi connectivity index (χ1n) is 11.1. The fraction of sp³-hybridized carbons (Fsp3) is 0.154. The van der Waals surface area contributed by atoms with E-state index in [1.807, 2.05) is 41.3 Å². The molecule has 0 saturated heterocycles. The third kappa shape index (κ3) is 4.52. The fourth-order valence-electron chi connectivity index (χ4n) is 4.04. The van der Waals surface area contributed by atoms with Crippen LogP contribution in [0.25, 0.3) is 22.3 Å². The number of fused-ring (bicyclic) bond motifs is 1. The summed E-state index contributed by atoms with van der Waals surface area (Å²) in [6.07, 6.45) is 8.72. The minimum atomic E-state index is -0.319. The minimum Gasteiger partial charge on any atom is -0.507 e. The van der Waals surface area contributed by atoms with Crippen molar-refractivity contribution in [3.63, 3.8) is 0 Å². The second-order valence-corrected chi connectivity index (χ2v) is 8.08. The van der Waals surface area contributed by atoms with Crippen LogP contribution in [0.2, 0.25) is 0 Å². The first-order valence-corrected chi connectivity index (χ1v) is 11.1. The molecule has 5 rings (SSSR count). The van der Waals surface area contributed by atoms with Crippen molar-refractivity contribution < 1.29 is 9.90 Å². The Kier molecular flexibility index (Phi) is 6.03. The summed E-state index contributed by atoms with van der Waals surface area (Å²) >= 11 is 0. The number of aryl methyl sites for hydroxylation is 1. The molecule has 0 aliphatic carbocycles. The van der Waals surface area contributed by atoms with Crippen LogP contribution in [0.1, 0.15) is 28.4 Å². The number of aromatic nitrogens is 5. The SMILES string of the molecule is O=C(NCC(CCc1ccccc1)n1cc(-c2ncnc3[nH]ccc23)cn1)c1ccccc1O. The van der Waals surface area contributed by atoms with E-state index in [-0.39, 0.29) is 23.3 Å². The molecule has 34 heavy (non-hydrogen) atoms. The van der Waals surface area contributed by atoms with Crippen molar-refractivity contribution in [2.24, 2.45) is 0 Å². The van der Waals surface area contributed by atoms with Crippen LogP contribution in [-0.2, 0) is 6.42 Å². The van der Waals surface area contributed by atoms with Crippen LogP contribution in [0.5, 0.6) is 5.75 Å². The maximum atomic E-state index is 12.7. The predicted octanol–water partition coefficient (Wildman–Crippen LogP) is 4.13. The summed E-state index contributed by atoms with van der Waals surface area (Å²) in [5.41, 5.74) is 3.92. The topological polar surface area (TPSA) is 109 Å². The standard InChI is InChI=1S/C26H24N6O2/c33-23-9-5-4-8-21(23)26(34)28-15-20(11-10-18-6-2-1-3-7-18)32-16-19(14-31-32)24-22-12-13-27-25(22)30-17-29-24/h1-9,12-14,16-17,20,33H,10-11,15H2,(H,28,34)(H,27,29,30). The maximum absolute atomic E-state index is 12.7. The number of aromatic hydroxyl groups is 1. The van der Waals surface area contributed by atoms with Gasteiger partial charge in [0.05, 0.1) is 23.5 Å². The van der Waals surface area contributed by atoms with Crippen molar-refractivity contribution in [3.8, 4) is 17.0 Å². The highest BCUT2D eigenvalue weighted by atomic mass is 16.3. The van der Waals surface area contributed by atoms with E-state index >= 15 is 0 Å². The number of para-hydroxylation sites is 1. The summed E-state index contributed by atoms with van der Waals surface area (Å²) in [5.74, 6) is -0.360. The first kappa shape index (κ1) is 21.4. The Labute approximate surface area is 196 Å². The van der Waals surface area contributed by atoms with Gasteiger partial charge in [-0.3, -0.25) is 9.48 Å². The molecule has 8 nitrogen and oxygen atoms in total. The Morgan fingerprint density at radius 3 is 2.74 bits per heavy atom. The molecule has 3 heterocycles. The molecule has 170 valence electrons. The number of hydrogen-bond donors (Lipinski definition) is 3. The van der Waals surface area contributed by atoms with Gasteiger partial charge in [-0.2, -0.15) is 5.10 Å². The van der Waals surface area contributed by atoms with Gasteiger partial charge in [-0.25, -0.2) is 9.97 Å². The van der Waals surface area contributed by atoms with Crippen molar-refractivity contribution in [2.75, 3.05) is 6.54 Å². The van der Waals surface area contributed by atoms with Gasteiger partial charge in [-0.15, -0.1) is 0 Å². The van der Waals surface area contributed by atoms with E-state index in [1.165, 1.54) is 18.0 Å². The number of aromatic amines is 1. The van der Waals surface area contributed by atoms with E-state index in [9.17, 15) is 9.90 Å². The molecule has 5 aromatic rings. The number of nitrogens with zero attached hydrogens (tertiary/aromatic N) is 4. The zero-order valence-corrected chi connectivity index (χ0v) is 18.4. The number of hydrogen-bond acceptors (Lipinski definition) is 5. The Morgan fingerprint density at radius 1 is 1.06 bits per heavy atom. The summed E-state index contributed by atoms with van der Waals surface area (Å²) in [5, 5.41) is 18.5. The maximum Gasteiger partial charge on any atom is 0.255 e. The fourth-order valence-corrected chi connectivity index (χ4v) is 4.04. The van der Waals surface area contributed by atoms with Crippen LogP contribution in [0.15, 0.2) is 85.6 Å². The molecule has 0 radical (unpaired) electrons. The Balaban J connectivity index is 1.38. The van der Waals surface area contributed by atoms with Gasteiger partial charge in [-0.05, 0) is 36.6 Å². The Hall–Kier alpha value is -4.46. The number of nitrogens with one attached hydrogen (secondary N) is 2. The summed E-state index contributed by atoms with van der Waals surface area (Å²) in [6.45, 7) is 0.366. The number of benzene rings is 2. The van der Waals surface area contributed by atoms with E-state index in [0.717, 1.165) is 35.1 Å². The number of H-pyrrole nitrogens is 1. The Bertz CT molecular complexity index is 1410. The molecule has 8 heteroatoms. The molecule has 0 aliphatic rings. The largest absolute Gasteiger partial charge is 0.507 e. The Morgan fingerprint density at radius 2 is 1.88 bits per heavy atom. The van der Waals surface area contributed by atoms with Crippen molar-refractivity contribution >= 4 is 16.9 Å². The van der Waals surface area contributed by atoms with Gasteiger partial charge in [0.2, 0.25) is 0 Å². The molecule has 0 bridgehead atoms. The smallest absolute Gasteiger partial charge is 0.255 e. The lowest BCUT2D eigenvalue weighted by molar-refractivity contribution is 0.0943. The third-order valence-electron chi connectivity index (χ3n) is 5.86. The van der Waals surface area contributed by atoms with Gasteiger partial charge in [0.25, 0.3) is 5.91 Å². The second-order valence-electron chi connectivity index (χ2n) is 8.08. The molecule has 1 atom stereocenters. The molecule has 0 fully saturated rings. The summed E-state index contributed by atoms with van der Waals surface area (Å²) in [7, 11) is 0. The number of amides is 1. The number of phenolic OH excluding ortho intramolecular Hbond substituents is 1. The molecular weight excluding hydrogens is 428 g/mol. The number of carbonyl (C=O) groups is 1. The molecule has 2 aromatic carbocycles. The molecule has 3 aromatic heterocycles. The van der Waals surface area contributed by atoms with Crippen molar-refractivity contribution in [1.82, 2.24) is 30.0 Å². The minimum absolute atomic E-state index is 0.0403. The van der Waals surface area contributed by atoms with E-state index in [4.69, 9.17) is 0 Å². The van der Waals surface area contributed by atoms with Gasteiger partial charge in [0.15, 0.2) is 0 Å². The van der Waals surface area contributed by atoms with Gasteiger partial charge in [0, 0.05) is 29.9 Å². The first-order chi connectivity index (χ1) is 16.7. The predicted molar refractivity (Wildman–Crippen MR) is 129 cm³/mol. The molecule has 1 amide bonds. The average Bonchev–Trinajstić information content (AvgIpc) is 3.55.